The summed E-state index contributed by atoms with van der Waals surface area (Å²) in [5.41, 5.74) is 0. The highest BCUT2D eigenvalue weighted by molar-refractivity contribution is 7.99. The molecule has 0 aromatic rings. The van der Waals surface area contributed by atoms with E-state index in [-0.39, 0.29) is 19.1 Å². The number of nitrogens with zero attached hydrogens (tertiary/aromatic N) is 1. The van der Waals surface area contributed by atoms with Crippen LogP contribution in [-0.4, -0.2) is 53.1 Å². The average Bonchev–Trinajstić information content (AvgIpc) is 2.24. The van der Waals surface area contributed by atoms with Crippen LogP contribution in [0.3, 0.4) is 0 Å². The van der Waals surface area contributed by atoms with Crippen molar-refractivity contribution in [1.82, 2.24) is 10.2 Å². The van der Waals surface area contributed by atoms with E-state index in [4.69, 9.17) is 5.11 Å². The Labute approximate surface area is 99.9 Å². The maximum atomic E-state index is 11.6. The molecular weight excluding hydrogens is 228 g/mol. The second-order valence-electron chi connectivity index (χ2n) is 3.30. The van der Waals surface area contributed by atoms with Crippen molar-refractivity contribution in [3.05, 3.63) is 12.7 Å². The van der Waals surface area contributed by atoms with Crippen LogP contribution in [0.4, 0.5) is 4.79 Å². The highest BCUT2D eigenvalue weighted by atomic mass is 32.2. The minimum absolute atomic E-state index is 0.228. The Morgan fingerprint density at radius 2 is 2.25 bits per heavy atom. The number of carbonyl (C=O) groups is 2. The SMILES string of the molecule is C=CCN(CC(=O)O)C(=O)NCC(C)SC. The molecule has 1 unspecified atom stereocenters. The summed E-state index contributed by atoms with van der Waals surface area (Å²) < 4.78 is 0. The maximum Gasteiger partial charge on any atom is 0.323 e. The Balaban J connectivity index is 4.15. The molecule has 0 saturated heterocycles. The van der Waals surface area contributed by atoms with E-state index >= 15 is 0 Å². The Hall–Kier alpha value is -1.17. The number of aliphatic carboxylic acids is 1. The van der Waals surface area contributed by atoms with E-state index in [0.29, 0.717) is 11.8 Å². The summed E-state index contributed by atoms with van der Waals surface area (Å²) in [5.74, 6) is -1.03. The molecule has 2 amide bonds. The Morgan fingerprint density at radius 3 is 2.69 bits per heavy atom. The molecule has 1 atom stereocenters. The summed E-state index contributed by atoms with van der Waals surface area (Å²) in [5, 5.41) is 11.6. The predicted molar refractivity (Wildman–Crippen MR) is 65.8 cm³/mol. The smallest absolute Gasteiger partial charge is 0.323 e. The van der Waals surface area contributed by atoms with Gasteiger partial charge in [0, 0.05) is 18.3 Å². The zero-order chi connectivity index (χ0) is 12.6. The number of carbonyl (C=O) groups excluding carboxylic acids is 1. The zero-order valence-electron chi connectivity index (χ0n) is 9.60. The molecular formula is C10H18N2O3S. The van der Waals surface area contributed by atoms with Crippen LogP contribution in [-0.2, 0) is 4.79 Å². The highest BCUT2D eigenvalue weighted by Crippen LogP contribution is 2.02. The number of carboxylic acid groups (broad SMARTS) is 1. The first kappa shape index (κ1) is 14.8. The summed E-state index contributed by atoms with van der Waals surface area (Å²) in [6.45, 7) is 5.90. The standard InChI is InChI=1S/C10H18N2O3S/c1-4-5-12(7-9(13)14)10(15)11-6-8(2)16-3/h4,8H,1,5-7H2,2-3H3,(H,11,15)(H,13,14). The number of urea groups is 1. The van der Waals surface area contributed by atoms with Crippen molar-refractivity contribution in [3.8, 4) is 0 Å². The van der Waals surface area contributed by atoms with Gasteiger partial charge in [0.15, 0.2) is 0 Å². The zero-order valence-corrected chi connectivity index (χ0v) is 10.4. The first-order chi connectivity index (χ1) is 7.51. The van der Waals surface area contributed by atoms with E-state index in [1.54, 1.807) is 11.8 Å². The lowest BCUT2D eigenvalue weighted by molar-refractivity contribution is -0.137. The lowest BCUT2D eigenvalue weighted by Crippen LogP contribution is -2.44. The van der Waals surface area contributed by atoms with E-state index < -0.39 is 5.97 Å². The third-order valence-corrected chi connectivity index (χ3v) is 2.88. The lowest BCUT2D eigenvalue weighted by atomic mass is 10.4. The van der Waals surface area contributed by atoms with Crippen molar-refractivity contribution in [1.29, 1.82) is 0 Å². The molecule has 0 aliphatic heterocycles. The first-order valence-electron chi connectivity index (χ1n) is 4.89. The number of rotatable bonds is 7. The number of nitrogens with one attached hydrogen (secondary N) is 1. The largest absolute Gasteiger partial charge is 0.480 e. The molecule has 2 N–H and O–H groups in total. The fourth-order valence-electron chi connectivity index (χ4n) is 0.965. The van der Waals surface area contributed by atoms with Gasteiger partial charge < -0.3 is 15.3 Å². The second-order valence-corrected chi connectivity index (χ2v) is 4.57. The lowest BCUT2D eigenvalue weighted by Gasteiger charge is -2.20. The fraction of sp³-hybridized carbons (Fsp3) is 0.600. The molecule has 92 valence electrons. The monoisotopic (exact) mass is 246 g/mol. The van der Waals surface area contributed by atoms with Gasteiger partial charge in [-0.1, -0.05) is 13.0 Å². The van der Waals surface area contributed by atoms with Crippen molar-refractivity contribution < 1.29 is 14.7 Å². The molecule has 0 aromatic carbocycles. The third kappa shape index (κ3) is 6.34. The van der Waals surface area contributed by atoms with Crippen LogP contribution in [0.1, 0.15) is 6.92 Å². The average molecular weight is 246 g/mol. The number of amides is 2. The van der Waals surface area contributed by atoms with Crippen LogP contribution in [0.15, 0.2) is 12.7 Å². The summed E-state index contributed by atoms with van der Waals surface area (Å²) in [6.07, 6.45) is 3.45. The van der Waals surface area contributed by atoms with E-state index in [1.807, 2.05) is 13.2 Å². The maximum absolute atomic E-state index is 11.6. The fourth-order valence-corrected chi connectivity index (χ4v) is 1.21. The summed E-state index contributed by atoms with van der Waals surface area (Å²) in [4.78, 5) is 23.3. The van der Waals surface area contributed by atoms with E-state index in [1.165, 1.54) is 11.0 Å². The molecule has 5 nitrogen and oxygen atoms in total. The molecule has 0 aliphatic carbocycles. The summed E-state index contributed by atoms with van der Waals surface area (Å²) in [7, 11) is 0. The van der Waals surface area contributed by atoms with Gasteiger partial charge in [0.25, 0.3) is 0 Å². The van der Waals surface area contributed by atoms with E-state index in [0.717, 1.165) is 0 Å². The minimum Gasteiger partial charge on any atom is -0.480 e. The van der Waals surface area contributed by atoms with Crippen LogP contribution in [0.25, 0.3) is 0 Å². The number of carboxylic acids is 1. The molecule has 0 heterocycles. The van der Waals surface area contributed by atoms with Gasteiger partial charge >= 0.3 is 12.0 Å². The summed E-state index contributed by atoms with van der Waals surface area (Å²) in [6, 6.07) is -0.372. The van der Waals surface area contributed by atoms with Crippen LogP contribution >= 0.6 is 11.8 Å². The van der Waals surface area contributed by atoms with E-state index in [9.17, 15) is 9.59 Å². The Morgan fingerprint density at radius 1 is 1.62 bits per heavy atom. The molecule has 0 fully saturated rings. The molecule has 0 rings (SSSR count). The Kier molecular flexibility index (Phi) is 7.45. The van der Waals surface area contributed by atoms with E-state index in [2.05, 4.69) is 11.9 Å². The number of hydrogen-bond acceptors (Lipinski definition) is 3. The van der Waals surface area contributed by atoms with Gasteiger partial charge in [-0.3, -0.25) is 4.79 Å². The van der Waals surface area contributed by atoms with Crippen LogP contribution in [0.5, 0.6) is 0 Å². The van der Waals surface area contributed by atoms with Gasteiger partial charge in [-0.25, -0.2) is 4.79 Å². The van der Waals surface area contributed by atoms with Crippen molar-refractivity contribution in [2.24, 2.45) is 0 Å². The van der Waals surface area contributed by atoms with Crippen molar-refractivity contribution in [3.63, 3.8) is 0 Å². The quantitative estimate of drug-likeness (QED) is 0.658. The van der Waals surface area contributed by atoms with Gasteiger partial charge in [0.1, 0.15) is 6.54 Å². The number of thioether (sulfide) groups is 1. The topological polar surface area (TPSA) is 69.6 Å². The van der Waals surface area contributed by atoms with Gasteiger partial charge in [0.2, 0.25) is 0 Å². The molecule has 0 radical (unpaired) electrons. The predicted octanol–water partition coefficient (Wildman–Crippen LogP) is 1.02. The molecule has 0 bridgehead atoms. The molecule has 0 aliphatic rings. The Bertz CT molecular complexity index is 258. The van der Waals surface area contributed by atoms with Crippen molar-refractivity contribution >= 4 is 23.8 Å². The van der Waals surface area contributed by atoms with Gasteiger partial charge in [-0.05, 0) is 6.26 Å². The molecule has 16 heavy (non-hydrogen) atoms. The molecule has 0 saturated carbocycles. The molecule has 6 heteroatoms. The third-order valence-electron chi connectivity index (χ3n) is 1.91. The van der Waals surface area contributed by atoms with Crippen molar-refractivity contribution in [2.45, 2.75) is 12.2 Å². The van der Waals surface area contributed by atoms with Crippen LogP contribution in [0.2, 0.25) is 0 Å². The molecule has 0 spiro atoms. The highest BCUT2D eigenvalue weighted by Gasteiger charge is 2.15. The first-order valence-corrected chi connectivity index (χ1v) is 6.18. The van der Waals surface area contributed by atoms with Gasteiger partial charge in [0.05, 0.1) is 0 Å². The summed E-state index contributed by atoms with van der Waals surface area (Å²) >= 11 is 1.64. The van der Waals surface area contributed by atoms with Crippen LogP contribution in [0, 0.1) is 0 Å². The molecule has 0 aromatic heterocycles. The number of hydrogen-bond donors (Lipinski definition) is 2. The van der Waals surface area contributed by atoms with Crippen LogP contribution < -0.4 is 5.32 Å². The van der Waals surface area contributed by atoms with Crippen molar-refractivity contribution in [2.75, 3.05) is 25.9 Å². The second kappa shape index (κ2) is 8.04. The minimum atomic E-state index is -1.03. The van der Waals surface area contributed by atoms with Gasteiger partial charge in [-0.2, -0.15) is 11.8 Å². The van der Waals surface area contributed by atoms with Gasteiger partial charge in [-0.15, -0.1) is 6.58 Å². The normalized spacial score (nSPS) is 11.6.